The maximum Gasteiger partial charge on any atom is 0.343 e. The Hall–Kier alpha value is -2.46. The number of aromatic nitrogens is 1. The smallest absolute Gasteiger partial charge is 0.343 e. The summed E-state index contributed by atoms with van der Waals surface area (Å²) in [5.74, 6) is 0.175. The molecular weight excluding hydrogens is 282 g/mol. The standard InChI is InChI=1S/C17H13NO2S/c1-12-11-21-16(18-12)13-7-9-15(10-8-13)20-17(19)14-5-3-2-4-6-14/h2-11H,1H3. The summed E-state index contributed by atoms with van der Waals surface area (Å²) < 4.78 is 5.34. The summed E-state index contributed by atoms with van der Waals surface area (Å²) in [6, 6.07) is 16.3. The molecule has 0 atom stereocenters. The van der Waals surface area contributed by atoms with Crippen LogP contribution in [0.25, 0.3) is 10.6 Å². The molecule has 0 spiro atoms. The average molecular weight is 295 g/mol. The molecule has 104 valence electrons. The molecule has 0 unspecified atom stereocenters. The van der Waals surface area contributed by atoms with Gasteiger partial charge in [0.1, 0.15) is 10.8 Å². The van der Waals surface area contributed by atoms with Crippen molar-refractivity contribution >= 4 is 17.3 Å². The molecule has 0 radical (unpaired) electrons. The van der Waals surface area contributed by atoms with Crippen LogP contribution in [0.2, 0.25) is 0 Å². The number of benzene rings is 2. The molecule has 1 heterocycles. The quantitative estimate of drug-likeness (QED) is 0.533. The van der Waals surface area contributed by atoms with Gasteiger partial charge in [-0.05, 0) is 43.3 Å². The molecule has 0 aliphatic heterocycles. The van der Waals surface area contributed by atoms with Crippen LogP contribution in [0.15, 0.2) is 60.0 Å². The molecule has 21 heavy (non-hydrogen) atoms. The molecule has 0 amide bonds. The number of rotatable bonds is 3. The average Bonchev–Trinajstić information content (AvgIpc) is 2.95. The molecule has 3 aromatic rings. The number of nitrogens with zero attached hydrogens (tertiary/aromatic N) is 1. The normalized spacial score (nSPS) is 10.3. The zero-order valence-electron chi connectivity index (χ0n) is 11.4. The monoisotopic (exact) mass is 295 g/mol. The largest absolute Gasteiger partial charge is 0.423 e. The number of ether oxygens (including phenoxy) is 1. The van der Waals surface area contributed by atoms with Crippen LogP contribution in [-0.4, -0.2) is 11.0 Å². The van der Waals surface area contributed by atoms with Gasteiger partial charge in [0.25, 0.3) is 0 Å². The van der Waals surface area contributed by atoms with E-state index in [0.717, 1.165) is 16.3 Å². The van der Waals surface area contributed by atoms with Crippen molar-refractivity contribution < 1.29 is 9.53 Å². The fourth-order valence-corrected chi connectivity index (χ4v) is 2.70. The Balaban J connectivity index is 1.74. The van der Waals surface area contributed by atoms with Crippen LogP contribution >= 0.6 is 11.3 Å². The molecular formula is C17H13NO2S. The van der Waals surface area contributed by atoms with Crippen LogP contribution < -0.4 is 4.74 Å². The maximum absolute atomic E-state index is 11.9. The van der Waals surface area contributed by atoms with Gasteiger partial charge >= 0.3 is 5.97 Å². The molecule has 3 nitrogen and oxygen atoms in total. The van der Waals surface area contributed by atoms with Crippen LogP contribution in [-0.2, 0) is 0 Å². The van der Waals surface area contributed by atoms with Gasteiger partial charge in [0.2, 0.25) is 0 Å². The lowest BCUT2D eigenvalue weighted by Crippen LogP contribution is -2.07. The Morgan fingerprint density at radius 3 is 2.38 bits per heavy atom. The van der Waals surface area contributed by atoms with E-state index in [9.17, 15) is 4.79 Å². The molecule has 2 aromatic carbocycles. The fourth-order valence-electron chi connectivity index (χ4n) is 1.89. The lowest BCUT2D eigenvalue weighted by Gasteiger charge is -2.04. The number of aryl methyl sites for hydroxylation is 1. The van der Waals surface area contributed by atoms with Crippen LogP contribution in [0.5, 0.6) is 5.75 Å². The molecule has 4 heteroatoms. The van der Waals surface area contributed by atoms with Gasteiger partial charge in [0.05, 0.1) is 5.56 Å². The molecule has 0 bridgehead atoms. The summed E-state index contributed by atoms with van der Waals surface area (Å²) in [5.41, 5.74) is 2.57. The zero-order valence-corrected chi connectivity index (χ0v) is 12.3. The first kappa shape index (κ1) is 13.5. The van der Waals surface area contributed by atoms with E-state index in [1.807, 2.05) is 42.6 Å². The van der Waals surface area contributed by atoms with E-state index in [4.69, 9.17) is 4.74 Å². The van der Waals surface area contributed by atoms with Crippen LogP contribution in [0.3, 0.4) is 0 Å². The van der Waals surface area contributed by atoms with Crippen molar-refractivity contribution in [1.82, 2.24) is 4.98 Å². The first-order valence-electron chi connectivity index (χ1n) is 6.52. The SMILES string of the molecule is Cc1csc(-c2ccc(OC(=O)c3ccccc3)cc2)n1. The second-order valence-electron chi connectivity index (χ2n) is 4.57. The number of carbonyl (C=O) groups excluding carboxylic acids is 1. The third kappa shape index (κ3) is 3.17. The van der Waals surface area contributed by atoms with Crippen molar-refractivity contribution in [2.24, 2.45) is 0 Å². The Morgan fingerprint density at radius 2 is 1.76 bits per heavy atom. The maximum atomic E-state index is 11.9. The minimum atomic E-state index is -0.353. The molecule has 0 fully saturated rings. The number of thiazole rings is 1. The minimum Gasteiger partial charge on any atom is -0.423 e. The van der Waals surface area contributed by atoms with Gasteiger partial charge in [-0.3, -0.25) is 0 Å². The van der Waals surface area contributed by atoms with Gasteiger partial charge in [-0.25, -0.2) is 9.78 Å². The Morgan fingerprint density at radius 1 is 1.05 bits per heavy atom. The Labute approximate surface area is 126 Å². The van der Waals surface area contributed by atoms with Crippen molar-refractivity contribution in [3.8, 4) is 16.3 Å². The molecule has 3 rings (SSSR count). The summed E-state index contributed by atoms with van der Waals surface area (Å²) in [6.07, 6.45) is 0. The van der Waals surface area contributed by atoms with Gasteiger partial charge in [-0.15, -0.1) is 11.3 Å². The Bertz CT molecular complexity index is 748. The third-order valence-electron chi connectivity index (χ3n) is 2.94. The van der Waals surface area contributed by atoms with E-state index in [2.05, 4.69) is 4.98 Å². The van der Waals surface area contributed by atoms with E-state index in [1.54, 1.807) is 35.6 Å². The summed E-state index contributed by atoms with van der Waals surface area (Å²) in [6.45, 7) is 1.97. The minimum absolute atomic E-state index is 0.353. The van der Waals surface area contributed by atoms with E-state index >= 15 is 0 Å². The molecule has 0 aliphatic carbocycles. The van der Waals surface area contributed by atoms with Crippen molar-refractivity contribution in [2.45, 2.75) is 6.92 Å². The lowest BCUT2D eigenvalue weighted by molar-refractivity contribution is 0.0735. The van der Waals surface area contributed by atoms with Crippen molar-refractivity contribution in [2.75, 3.05) is 0 Å². The zero-order chi connectivity index (χ0) is 14.7. The summed E-state index contributed by atoms with van der Waals surface area (Å²) in [7, 11) is 0. The van der Waals surface area contributed by atoms with Crippen molar-refractivity contribution in [3.63, 3.8) is 0 Å². The van der Waals surface area contributed by atoms with Gasteiger partial charge in [0.15, 0.2) is 0 Å². The predicted molar refractivity (Wildman–Crippen MR) is 83.7 cm³/mol. The first-order chi connectivity index (χ1) is 10.2. The highest BCUT2D eigenvalue weighted by atomic mass is 32.1. The van der Waals surface area contributed by atoms with Gasteiger partial charge < -0.3 is 4.74 Å². The second kappa shape index (κ2) is 5.89. The van der Waals surface area contributed by atoms with Gasteiger partial charge in [0, 0.05) is 16.6 Å². The van der Waals surface area contributed by atoms with Crippen molar-refractivity contribution in [1.29, 1.82) is 0 Å². The number of hydrogen-bond donors (Lipinski definition) is 0. The highest BCUT2D eigenvalue weighted by molar-refractivity contribution is 7.13. The predicted octanol–water partition coefficient (Wildman–Crippen LogP) is 4.34. The second-order valence-corrected chi connectivity index (χ2v) is 5.43. The van der Waals surface area contributed by atoms with E-state index in [-0.39, 0.29) is 5.97 Å². The molecule has 1 aromatic heterocycles. The number of esters is 1. The summed E-state index contributed by atoms with van der Waals surface area (Å²) in [5, 5.41) is 2.98. The summed E-state index contributed by atoms with van der Waals surface area (Å²) >= 11 is 1.60. The van der Waals surface area contributed by atoms with E-state index in [0.29, 0.717) is 11.3 Å². The first-order valence-corrected chi connectivity index (χ1v) is 7.40. The number of hydrogen-bond acceptors (Lipinski definition) is 4. The highest BCUT2D eigenvalue weighted by Gasteiger charge is 2.08. The van der Waals surface area contributed by atoms with Crippen LogP contribution in [0, 0.1) is 6.92 Å². The topological polar surface area (TPSA) is 39.2 Å². The van der Waals surface area contributed by atoms with Crippen LogP contribution in [0.4, 0.5) is 0 Å². The molecule has 0 N–H and O–H groups in total. The van der Waals surface area contributed by atoms with Gasteiger partial charge in [-0.2, -0.15) is 0 Å². The molecule has 0 saturated carbocycles. The highest BCUT2D eigenvalue weighted by Crippen LogP contribution is 2.25. The van der Waals surface area contributed by atoms with Crippen LogP contribution in [0.1, 0.15) is 16.1 Å². The van der Waals surface area contributed by atoms with E-state index < -0.39 is 0 Å². The lowest BCUT2D eigenvalue weighted by atomic mass is 10.2. The number of carbonyl (C=O) groups is 1. The third-order valence-corrected chi connectivity index (χ3v) is 3.95. The molecule has 0 aliphatic rings. The van der Waals surface area contributed by atoms with Crippen molar-refractivity contribution in [3.05, 3.63) is 71.2 Å². The summed E-state index contributed by atoms with van der Waals surface area (Å²) in [4.78, 5) is 16.4. The molecule has 0 saturated heterocycles. The van der Waals surface area contributed by atoms with Gasteiger partial charge in [-0.1, -0.05) is 18.2 Å². The fraction of sp³-hybridized carbons (Fsp3) is 0.0588. The van der Waals surface area contributed by atoms with E-state index in [1.165, 1.54) is 0 Å². The Kier molecular flexibility index (Phi) is 3.79.